The molecule has 1 unspecified atom stereocenters. The minimum Gasteiger partial charge on any atom is -0.327 e. The molecule has 0 spiro atoms. The standard InChI is InChI=1S/C18H17FN2/c19-18(13-20,15-7-2-1-3-8-15)12-16-11-10-14-6-4-5-9-17(14)21-16/h1-11H,12-13,20H2. The van der Waals surface area contributed by atoms with Gasteiger partial charge in [-0.05, 0) is 17.7 Å². The molecule has 3 aromatic rings. The SMILES string of the molecule is NCC(F)(Cc1ccc2ccccc2n1)c1ccccc1. The lowest BCUT2D eigenvalue weighted by molar-refractivity contribution is 0.174. The highest BCUT2D eigenvalue weighted by Gasteiger charge is 2.31. The molecule has 0 saturated carbocycles. The van der Waals surface area contributed by atoms with E-state index >= 15 is 4.39 Å². The highest BCUT2D eigenvalue weighted by Crippen LogP contribution is 2.29. The van der Waals surface area contributed by atoms with Gasteiger partial charge in [0.15, 0.2) is 5.67 Å². The van der Waals surface area contributed by atoms with E-state index in [0.29, 0.717) is 11.3 Å². The number of hydrogen-bond acceptors (Lipinski definition) is 2. The van der Waals surface area contributed by atoms with Gasteiger partial charge in [-0.25, -0.2) is 4.39 Å². The van der Waals surface area contributed by atoms with Gasteiger partial charge in [0.25, 0.3) is 0 Å². The molecule has 1 heterocycles. The summed E-state index contributed by atoms with van der Waals surface area (Å²) in [5, 5.41) is 1.05. The minimum atomic E-state index is -1.59. The van der Waals surface area contributed by atoms with Crippen molar-refractivity contribution in [1.29, 1.82) is 0 Å². The van der Waals surface area contributed by atoms with Crippen molar-refractivity contribution < 1.29 is 4.39 Å². The molecule has 21 heavy (non-hydrogen) atoms. The fourth-order valence-electron chi connectivity index (χ4n) is 2.52. The van der Waals surface area contributed by atoms with Crippen LogP contribution in [0.4, 0.5) is 4.39 Å². The molecule has 0 amide bonds. The number of nitrogens with zero attached hydrogens (tertiary/aromatic N) is 1. The fraction of sp³-hybridized carbons (Fsp3) is 0.167. The molecule has 2 aromatic carbocycles. The van der Waals surface area contributed by atoms with E-state index in [9.17, 15) is 0 Å². The van der Waals surface area contributed by atoms with Crippen LogP contribution in [-0.4, -0.2) is 11.5 Å². The van der Waals surface area contributed by atoms with E-state index in [0.717, 1.165) is 10.9 Å². The van der Waals surface area contributed by atoms with Crippen molar-refractivity contribution >= 4 is 10.9 Å². The first-order valence-corrected chi connectivity index (χ1v) is 7.00. The summed E-state index contributed by atoms with van der Waals surface area (Å²) >= 11 is 0. The lowest BCUT2D eigenvalue weighted by Gasteiger charge is -2.24. The molecule has 106 valence electrons. The Hall–Kier alpha value is -2.26. The Morgan fingerprint density at radius 1 is 0.905 bits per heavy atom. The second-order valence-electron chi connectivity index (χ2n) is 5.21. The maximum atomic E-state index is 15.2. The van der Waals surface area contributed by atoms with E-state index in [4.69, 9.17) is 5.73 Å². The molecular weight excluding hydrogens is 263 g/mol. The molecule has 1 aromatic heterocycles. The first-order valence-electron chi connectivity index (χ1n) is 7.00. The van der Waals surface area contributed by atoms with Gasteiger partial charge in [-0.2, -0.15) is 0 Å². The third-order valence-corrected chi connectivity index (χ3v) is 3.73. The number of para-hydroxylation sites is 1. The topological polar surface area (TPSA) is 38.9 Å². The highest BCUT2D eigenvalue weighted by molar-refractivity contribution is 5.78. The van der Waals surface area contributed by atoms with Crippen LogP contribution >= 0.6 is 0 Å². The summed E-state index contributed by atoms with van der Waals surface area (Å²) < 4.78 is 15.2. The Balaban J connectivity index is 1.95. The van der Waals surface area contributed by atoms with Gasteiger partial charge in [-0.15, -0.1) is 0 Å². The van der Waals surface area contributed by atoms with E-state index < -0.39 is 5.67 Å². The van der Waals surface area contributed by atoms with E-state index in [-0.39, 0.29) is 13.0 Å². The van der Waals surface area contributed by atoms with Gasteiger partial charge in [-0.1, -0.05) is 54.6 Å². The molecule has 3 heteroatoms. The van der Waals surface area contributed by atoms with Gasteiger partial charge in [0, 0.05) is 24.0 Å². The number of fused-ring (bicyclic) bond motifs is 1. The van der Waals surface area contributed by atoms with Gasteiger partial charge in [0.1, 0.15) is 0 Å². The van der Waals surface area contributed by atoms with Crippen molar-refractivity contribution in [3.8, 4) is 0 Å². The highest BCUT2D eigenvalue weighted by atomic mass is 19.1. The Kier molecular flexibility index (Phi) is 3.67. The number of benzene rings is 2. The minimum absolute atomic E-state index is 0.0640. The third-order valence-electron chi connectivity index (χ3n) is 3.73. The number of nitrogens with two attached hydrogens (primary N) is 1. The van der Waals surface area contributed by atoms with Crippen LogP contribution in [0.2, 0.25) is 0 Å². The lowest BCUT2D eigenvalue weighted by atomic mass is 9.90. The van der Waals surface area contributed by atoms with Gasteiger partial charge in [-0.3, -0.25) is 4.98 Å². The molecule has 0 saturated heterocycles. The summed E-state index contributed by atoms with van der Waals surface area (Å²) in [6.07, 6.45) is 0.179. The predicted octanol–water partition coefficient (Wildman–Crippen LogP) is 3.60. The van der Waals surface area contributed by atoms with Gasteiger partial charge < -0.3 is 5.73 Å². The van der Waals surface area contributed by atoms with Crippen LogP contribution in [0.15, 0.2) is 66.7 Å². The average Bonchev–Trinajstić information content (AvgIpc) is 2.55. The van der Waals surface area contributed by atoms with Crippen LogP contribution in [-0.2, 0) is 12.1 Å². The summed E-state index contributed by atoms with van der Waals surface area (Å²) in [5.41, 5.74) is 6.30. The normalized spacial score (nSPS) is 14.0. The summed E-state index contributed by atoms with van der Waals surface area (Å²) in [6.45, 7) is -0.0640. The zero-order chi connectivity index (χ0) is 14.7. The number of aromatic nitrogens is 1. The first-order chi connectivity index (χ1) is 10.2. The maximum Gasteiger partial charge on any atom is 0.153 e. The molecular formula is C18H17FN2. The largest absolute Gasteiger partial charge is 0.327 e. The second-order valence-corrected chi connectivity index (χ2v) is 5.21. The Morgan fingerprint density at radius 3 is 2.38 bits per heavy atom. The molecule has 0 aliphatic carbocycles. The van der Waals surface area contributed by atoms with Gasteiger partial charge >= 0.3 is 0 Å². The molecule has 0 bridgehead atoms. The van der Waals surface area contributed by atoms with Crippen LogP contribution in [0.5, 0.6) is 0 Å². The van der Waals surface area contributed by atoms with E-state index in [1.165, 1.54) is 0 Å². The monoisotopic (exact) mass is 280 g/mol. The fourth-order valence-corrected chi connectivity index (χ4v) is 2.52. The molecule has 2 N–H and O–H groups in total. The van der Waals surface area contributed by atoms with E-state index in [2.05, 4.69) is 4.98 Å². The van der Waals surface area contributed by atoms with Crippen molar-refractivity contribution in [3.05, 3.63) is 78.0 Å². The molecule has 0 aliphatic heterocycles. The Labute approximate surface area is 123 Å². The summed E-state index contributed by atoms with van der Waals surface area (Å²) in [4.78, 5) is 4.54. The lowest BCUT2D eigenvalue weighted by Crippen LogP contribution is -2.33. The smallest absolute Gasteiger partial charge is 0.153 e. The van der Waals surface area contributed by atoms with Gasteiger partial charge in [0.2, 0.25) is 0 Å². The number of hydrogen-bond donors (Lipinski definition) is 1. The second kappa shape index (κ2) is 5.62. The van der Waals surface area contributed by atoms with Crippen LogP contribution in [0.3, 0.4) is 0 Å². The average molecular weight is 280 g/mol. The van der Waals surface area contributed by atoms with Crippen molar-refractivity contribution in [2.75, 3.05) is 6.54 Å². The van der Waals surface area contributed by atoms with Crippen LogP contribution in [0.1, 0.15) is 11.3 Å². The molecule has 0 aliphatic rings. The van der Waals surface area contributed by atoms with E-state index in [1.807, 2.05) is 54.6 Å². The Bertz CT molecular complexity index is 742. The van der Waals surface area contributed by atoms with E-state index in [1.54, 1.807) is 12.1 Å². The molecule has 0 radical (unpaired) electrons. The third kappa shape index (κ3) is 2.78. The van der Waals surface area contributed by atoms with Crippen molar-refractivity contribution in [2.45, 2.75) is 12.1 Å². The van der Waals surface area contributed by atoms with Crippen molar-refractivity contribution in [1.82, 2.24) is 4.98 Å². The summed E-state index contributed by atoms with van der Waals surface area (Å²) in [7, 11) is 0. The van der Waals surface area contributed by atoms with Crippen molar-refractivity contribution in [3.63, 3.8) is 0 Å². The number of halogens is 1. The maximum absolute atomic E-state index is 15.2. The van der Waals surface area contributed by atoms with Crippen LogP contribution in [0.25, 0.3) is 10.9 Å². The van der Waals surface area contributed by atoms with Crippen molar-refractivity contribution in [2.24, 2.45) is 5.73 Å². The number of pyridine rings is 1. The molecule has 1 atom stereocenters. The summed E-state index contributed by atoms with van der Waals surface area (Å²) in [6, 6.07) is 20.7. The van der Waals surface area contributed by atoms with Gasteiger partial charge in [0.05, 0.1) is 5.52 Å². The first kappa shape index (κ1) is 13.7. The quantitative estimate of drug-likeness (QED) is 0.793. The van der Waals surface area contributed by atoms with Crippen LogP contribution < -0.4 is 5.73 Å². The molecule has 0 fully saturated rings. The number of rotatable bonds is 4. The number of alkyl halides is 1. The van der Waals surface area contributed by atoms with Crippen LogP contribution in [0, 0.1) is 0 Å². The zero-order valence-electron chi connectivity index (χ0n) is 11.7. The predicted molar refractivity (Wildman–Crippen MR) is 83.7 cm³/mol. The molecule has 2 nitrogen and oxygen atoms in total. The molecule has 3 rings (SSSR count). The Morgan fingerprint density at radius 2 is 1.62 bits per heavy atom. The summed E-state index contributed by atoms with van der Waals surface area (Å²) in [5.74, 6) is 0. The zero-order valence-corrected chi connectivity index (χ0v) is 11.7.